The summed E-state index contributed by atoms with van der Waals surface area (Å²) in [7, 11) is 0. The Balaban J connectivity index is 2.44. The molecule has 20 heavy (non-hydrogen) atoms. The van der Waals surface area contributed by atoms with Crippen LogP contribution in [0.4, 0.5) is 0 Å². The van der Waals surface area contributed by atoms with Crippen LogP contribution in [0, 0.1) is 13.8 Å². The summed E-state index contributed by atoms with van der Waals surface area (Å²) in [6.07, 6.45) is 3.35. The number of hydrogen-bond acceptors (Lipinski definition) is 4. The molecule has 0 bridgehead atoms. The van der Waals surface area contributed by atoms with Gasteiger partial charge in [-0.1, -0.05) is 23.2 Å². The fourth-order valence-electron chi connectivity index (χ4n) is 2.07. The van der Waals surface area contributed by atoms with E-state index in [1.54, 1.807) is 12.3 Å². The lowest BCUT2D eigenvalue weighted by molar-refractivity contribution is 0.805. The SMILES string of the molecule is Cc1nc(-c2ncc(Cl)cc2Cl)nc(C)c1CCCN. The van der Waals surface area contributed by atoms with E-state index >= 15 is 0 Å². The zero-order valence-corrected chi connectivity index (χ0v) is 13.0. The summed E-state index contributed by atoms with van der Waals surface area (Å²) in [4.78, 5) is 13.2. The second kappa shape index (κ2) is 6.48. The van der Waals surface area contributed by atoms with Crippen molar-refractivity contribution >= 4 is 23.2 Å². The van der Waals surface area contributed by atoms with E-state index in [4.69, 9.17) is 28.9 Å². The molecule has 0 unspecified atom stereocenters. The van der Waals surface area contributed by atoms with Gasteiger partial charge in [-0.2, -0.15) is 0 Å². The number of nitrogens with two attached hydrogens (primary N) is 1. The summed E-state index contributed by atoms with van der Waals surface area (Å²) >= 11 is 12.0. The molecule has 0 aromatic carbocycles. The Hall–Kier alpha value is -1.23. The van der Waals surface area contributed by atoms with E-state index in [0.29, 0.717) is 28.1 Å². The van der Waals surface area contributed by atoms with Crippen molar-refractivity contribution < 1.29 is 0 Å². The number of aryl methyl sites for hydroxylation is 2. The quantitative estimate of drug-likeness (QED) is 0.940. The van der Waals surface area contributed by atoms with E-state index in [9.17, 15) is 0 Å². The molecule has 2 aromatic rings. The highest BCUT2D eigenvalue weighted by molar-refractivity contribution is 6.35. The fourth-order valence-corrected chi connectivity index (χ4v) is 2.53. The first kappa shape index (κ1) is 15.2. The van der Waals surface area contributed by atoms with Crippen molar-refractivity contribution in [2.24, 2.45) is 5.73 Å². The fraction of sp³-hybridized carbons (Fsp3) is 0.357. The minimum atomic E-state index is 0.450. The van der Waals surface area contributed by atoms with Crippen LogP contribution in [0.1, 0.15) is 23.4 Å². The third-order valence-corrected chi connectivity index (χ3v) is 3.57. The molecule has 2 rings (SSSR count). The molecule has 2 aromatic heterocycles. The Morgan fingerprint density at radius 1 is 1.15 bits per heavy atom. The maximum atomic E-state index is 6.15. The zero-order chi connectivity index (χ0) is 14.7. The van der Waals surface area contributed by atoms with Gasteiger partial charge < -0.3 is 5.73 Å². The summed E-state index contributed by atoms with van der Waals surface area (Å²) < 4.78 is 0. The lowest BCUT2D eigenvalue weighted by Crippen LogP contribution is -2.07. The van der Waals surface area contributed by atoms with Crippen LogP contribution < -0.4 is 5.73 Å². The second-order valence-corrected chi connectivity index (χ2v) is 5.42. The van der Waals surface area contributed by atoms with Crippen molar-refractivity contribution in [2.45, 2.75) is 26.7 Å². The molecule has 2 heterocycles. The number of hydrogen-bond donors (Lipinski definition) is 1. The van der Waals surface area contributed by atoms with E-state index < -0.39 is 0 Å². The van der Waals surface area contributed by atoms with Gasteiger partial charge in [-0.3, -0.25) is 0 Å². The molecular weight excluding hydrogens is 295 g/mol. The van der Waals surface area contributed by atoms with Crippen molar-refractivity contribution in [3.05, 3.63) is 39.3 Å². The molecule has 0 saturated carbocycles. The van der Waals surface area contributed by atoms with Gasteiger partial charge in [0, 0.05) is 17.6 Å². The topological polar surface area (TPSA) is 64.7 Å². The molecule has 0 atom stereocenters. The van der Waals surface area contributed by atoms with Crippen LogP contribution in [0.3, 0.4) is 0 Å². The first-order valence-electron chi connectivity index (χ1n) is 6.38. The number of pyridine rings is 1. The van der Waals surface area contributed by atoms with Gasteiger partial charge in [0.15, 0.2) is 5.82 Å². The first-order chi connectivity index (χ1) is 9.52. The van der Waals surface area contributed by atoms with Crippen molar-refractivity contribution in [1.29, 1.82) is 0 Å². The van der Waals surface area contributed by atoms with Crippen molar-refractivity contribution in [3.63, 3.8) is 0 Å². The van der Waals surface area contributed by atoms with Crippen LogP contribution in [0.5, 0.6) is 0 Å². The largest absolute Gasteiger partial charge is 0.330 e. The highest BCUT2D eigenvalue weighted by atomic mass is 35.5. The number of nitrogens with zero attached hydrogens (tertiary/aromatic N) is 3. The van der Waals surface area contributed by atoms with E-state index in [1.165, 1.54) is 0 Å². The third-order valence-electron chi connectivity index (χ3n) is 3.07. The number of halogens is 2. The Bertz CT molecular complexity index is 606. The number of aromatic nitrogens is 3. The van der Waals surface area contributed by atoms with Crippen LogP contribution in [-0.4, -0.2) is 21.5 Å². The van der Waals surface area contributed by atoms with Crippen molar-refractivity contribution in [3.8, 4) is 11.5 Å². The van der Waals surface area contributed by atoms with Gasteiger partial charge >= 0.3 is 0 Å². The maximum Gasteiger partial charge on any atom is 0.180 e. The van der Waals surface area contributed by atoms with Gasteiger partial charge in [0.1, 0.15) is 5.69 Å². The summed E-state index contributed by atoms with van der Waals surface area (Å²) in [5.41, 5.74) is 9.12. The molecule has 4 nitrogen and oxygen atoms in total. The molecule has 2 N–H and O–H groups in total. The Morgan fingerprint density at radius 3 is 2.35 bits per heavy atom. The smallest absolute Gasteiger partial charge is 0.180 e. The zero-order valence-electron chi connectivity index (χ0n) is 11.5. The predicted molar refractivity (Wildman–Crippen MR) is 82.1 cm³/mol. The molecule has 0 spiro atoms. The molecular formula is C14H16Cl2N4. The van der Waals surface area contributed by atoms with Crippen LogP contribution in [0.25, 0.3) is 11.5 Å². The van der Waals surface area contributed by atoms with Gasteiger partial charge in [-0.05, 0) is 44.9 Å². The van der Waals surface area contributed by atoms with Gasteiger partial charge in [0.05, 0.1) is 10.0 Å². The van der Waals surface area contributed by atoms with E-state index in [0.717, 1.165) is 29.8 Å². The average Bonchev–Trinajstić information content (AvgIpc) is 2.37. The first-order valence-corrected chi connectivity index (χ1v) is 7.14. The van der Waals surface area contributed by atoms with Crippen LogP contribution in [0.15, 0.2) is 12.3 Å². The molecule has 0 radical (unpaired) electrons. The monoisotopic (exact) mass is 310 g/mol. The van der Waals surface area contributed by atoms with E-state index in [1.807, 2.05) is 13.8 Å². The second-order valence-electron chi connectivity index (χ2n) is 4.57. The molecule has 6 heteroatoms. The molecule has 0 saturated heterocycles. The summed E-state index contributed by atoms with van der Waals surface area (Å²) in [6.45, 7) is 4.59. The van der Waals surface area contributed by atoms with E-state index in [2.05, 4.69) is 15.0 Å². The summed E-state index contributed by atoms with van der Waals surface area (Å²) in [5, 5.41) is 0.942. The Labute approximate surface area is 128 Å². The highest BCUT2D eigenvalue weighted by Crippen LogP contribution is 2.26. The minimum Gasteiger partial charge on any atom is -0.330 e. The Morgan fingerprint density at radius 2 is 1.80 bits per heavy atom. The van der Waals surface area contributed by atoms with Gasteiger partial charge in [0.2, 0.25) is 0 Å². The molecule has 0 aliphatic heterocycles. The molecule has 0 aliphatic carbocycles. The van der Waals surface area contributed by atoms with Crippen LogP contribution in [-0.2, 0) is 6.42 Å². The molecule has 0 amide bonds. The van der Waals surface area contributed by atoms with Gasteiger partial charge in [0.25, 0.3) is 0 Å². The van der Waals surface area contributed by atoms with Crippen molar-refractivity contribution in [2.75, 3.05) is 6.54 Å². The lowest BCUT2D eigenvalue weighted by atomic mass is 10.1. The summed E-state index contributed by atoms with van der Waals surface area (Å²) in [5.74, 6) is 0.526. The number of rotatable bonds is 4. The highest BCUT2D eigenvalue weighted by Gasteiger charge is 2.13. The molecule has 0 fully saturated rings. The lowest BCUT2D eigenvalue weighted by Gasteiger charge is -2.11. The minimum absolute atomic E-state index is 0.450. The van der Waals surface area contributed by atoms with Gasteiger partial charge in [-0.15, -0.1) is 0 Å². The molecule has 106 valence electrons. The normalized spacial score (nSPS) is 10.8. The van der Waals surface area contributed by atoms with Crippen molar-refractivity contribution in [1.82, 2.24) is 15.0 Å². The van der Waals surface area contributed by atoms with E-state index in [-0.39, 0.29) is 0 Å². The standard InChI is InChI=1S/C14H16Cl2N4/c1-8-11(4-3-5-17)9(2)20-14(19-8)13-12(16)6-10(15)7-18-13/h6-7H,3-5,17H2,1-2H3. The Kier molecular flexibility index (Phi) is 4.91. The van der Waals surface area contributed by atoms with Crippen LogP contribution >= 0.6 is 23.2 Å². The van der Waals surface area contributed by atoms with Crippen LogP contribution in [0.2, 0.25) is 10.0 Å². The predicted octanol–water partition coefficient (Wildman–Crippen LogP) is 3.35. The molecule has 0 aliphatic rings. The summed E-state index contributed by atoms with van der Waals surface area (Å²) in [6, 6.07) is 1.64. The van der Waals surface area contributed by atoms with Gasteiger partial charge in [-0.25, -0.2) is 15.0 Å². The third kappa shape index (κ3) is 3.26. The maximum absolute atomic E-state index is 6.15. The average molecular weight is 311 g/mol.